The normalized spacial score (nSPS) is 14.9. The molecule has 0 saturated carbocycles. The molecule has 1 aliphatic rings. The maximum atomic E-state index is 12.4. The SMILES string of the molecule is Cc1cccc(Oc2nccnc2C2CCN(C(=O)c3ccn[nH]3)CC2)c1. The van der Waals surface area contributed by atoms with Gasteiger partial charge in [0, 0.05) is 37.6 Å². The molecule has 1 saturated heterocycles. The third-order valence-electron chi connectivity index (χ3n) is 4.80. The third-order valence-corrected chi connectivity index (χ3v) is 4.80. The highest BCUT2D eigenvalue weighted by atomic mass is 16.5. The van der Waals surface area contributed by atoms with Crippen molar-refractivity contribution in [2.75, 3.05) is 13.1 Å². The van der Waals surface area contributed by atoms with Crippen LogP contribution in [0.25, 0.3) is 0 Å². The summed E-state index contributed by atoms with van der Waals surface area (Å²) in [6.45, 7) is 3.36. The average molecular weight is 363 g/mol. The largest absolute Gasteiger partial charge is 0.437 e. The molecule has 0 spiro atoms. The van der Waals surface area contributed by atoms with Gasteiger partial charge in [-0.05, 0) is 43.5 Å². The molecule has 1 amide bonds. The van der Waals surface area contributed by atoms with Crippen molar-refractivity contribution in [3.8, 4) is 11.6 Å². The number of carbonyl (C=O) groups excluding carboxylic acids is 1. The molecular weight excluding hydrogens is 342 g/mol. The van der Waals surface area contributed by atoms with E-state index in [-0.39, 0.29) is 11.8 Å². The van der Waals surface area contributed by atoms with Crippen molar-refractivity contribution >= 4 is 5.91 Å². The topological polar surface area (TPSA) is 84.0 Å². The minimum Gasteiger partial charge on any atom is -0.437 e. The summed E-state index contributed by atoms with van der Waals surface area (Å²) in [6.07, 6.45) is 6.58. The van der Waals surface area contributed by atoms with Crippen LogP contribution in [-0.4, -0.2) is 44.1 Å². The molecule has 0 radical (unpaired) electrons. The number of amides is 1. The number of aromatic amines is 1. The van der Waals surface area contributed by atoms with Crippen molar-refractivity contribution < 1.29 is 9.53 Å². The lowest BCUT2D eigenvalue weighted by molar-refractivity contribution is 0.0705. The number of likely N-dealkylation sites (tertiary alicyclic amines) is 1. The highest BCUT2D eigenvalue weighted by molar-refractivity contribution is 5.92. The fraction of sp³-hybridized carbons (Fsp3) is 0.300. The molecule has 7 heteroatoms. The Hall–Kier alpha value is -3.22. The minimum absolute atomic E-state index is 0.0127. The van der Waals surface area contributed by atoms with Gasteiger partial charge in [0.15, 0.2) is 0 Å². The second kappa shape index (κ2) is 7.57. The number of aryl methyl sites for hydroxylation is 1. The van der Waals surface area contributed by atoms with Crippen LogP contribution < -0.4 is 4.74 Å². The maximum absolute atomic E-state index is 12.4. The molecule has 138 valence electrons. The Kier molecular flexibility index (Phi) is 4.82. The van der Waals surface area contributed by atoms with E-state index in [4.69, 9.17) is 4.74 Å². The Morgan fingerprint density at radius 1 is 1.15 bits per heavy atom. The smallest absolute Gasteiger partial charge is 0.271 e. The molecule has 0 bridgehead atoms. The van der Waals surface area contributed by atoms with Gasteiger partial charge >= 0.3 is 0 Å². The van der Waals surface area contributed by atoms with E-state index in [1.165, 1.54) is 0 Å². The number of rotatable bonds is 4. The predicted molar refractivity (Wildman–Crippen MR) is 99.8 cm³/mol. The van der Waals surface area contributed by atoms with E-state index in [9.17, 15) is 4.79 Å². The zero-order valence-corrected chi connectivity index (χ0v) is 15.1. The van der Waals surface area contributed by atoms with Gasteiger partial charge in [-0.2, -0.15) is 5.10 Å². The summed E-state index contributed by atoms with van der Waals surface area (Å²) in [7, 11) is 0. The lowest BCUT2D eigenvalue weighted by Crippen LogP contribution is -2.38. The summed E-state index contributed by atoms with van der Waals surface area (Å²) in [6, 6.07) is 9.57. The second-order valence-electron chi connectivity index (χ2n) is 6.70. The molecule has 0 unspecified atom stereocenters. The molecule has 3 aromatic rings. The van der Waals surface area contributed by atoms with Gasteiger partial charge < -0.3 is 9.64 Å². The zero-order valence-electron chi connectivity index (χ0n) is 15.1. The first-order chi connectivity index (χ1) is 13.2. The molecular formula is C20H21N5O2. The van der Waals surface area contributed by atoms with Crippen LogP contribution in [0, 0.1) is 6.92 Å². The van der Waals surface area contributed by atoms with E-state index in [0.717, 1.165) is 29.8 Å². The van der Waals surface area contributed by atoms with E-state index in [0.29, 0.717) is 24.7 Å². The number of nitrogens with zero attached hydrogens (tertiary/aromatic N) is 4. The number of hydrogen-bond acceptors (Lipinski definition) is 5. The van der Waals surface area contributed by atoms with Crippen LogP contribution in [0.5, 0.6) is 11.6 Å². The van der Waals surface area contributed by atoms with E-state index in [1.54, 1.807) is 24.7 Å². The van der Waals surface area contributed by atoms with Gasteiger partial charge in [-0.25, -0.2) is 4.98 Å². The van der Waals surface area contributed by atoms with Gasteiger partial charge in [-0.3, -0.25) is 14.9 Å². The van der Waals surface area contributed by atoms with Crippen molar-refractivity contribution in [2.24, 2.45) is 0 Å². The lowest BCUT2D eigenvalue weighted by Gasteiger charge is -2.31. The number of aromatic nitrogens is 4. The number of benzene rings is 1. The molecule has 7 nitrogen and oxygen atoms in total. The van der Waals surface area contributed by atoms with Crippen LogP contribution in [0.1, 0.15) is 40.5 Å². The van der Waals surface area contributed by atoms with Gasteiger partial charge in [0.25, 0.3) is 5.91 Å². The number of H-pyrrole nitrogens is 1. The Morgan fingerprint density at radius 3 is 2.70 bits per heavy atom. The summed E-state index contributed by atoms with van der Waals surface area (Å²) in [5.41, 5.74) is 2.51. The molecule has 0 atom stereocenters. The average Bonchev–Trinajstić information content (AvgIpc) is 3.23. The summed E-state index contributed by atoms with van der Waals surface area (Å²) >= 11 is 0. The molecule has 3 heterocycles. The van der Waals surface area contributed by atoms with Crippen molar-refractivity contribution in [3.05, 3.63) is 65.9 Å². The number of carbonyl (C=O) groups is 1. The van der Waals surface area contributed by atoms with Crippen LogP contribution in [-0.2, 0) is 0 Å². The van der Waals surface area contributed by atoms with E-state index < -0.39 is 0 Å². The van der Waals surface area contributed by atoms with Crippen LogP contribution in [0.4, 0.5) is 0 Å². The third kappa shape index (κ3) is 3.81. The van der Waals surface area contributed by atoms with Crippen LogP contribution in [0.2, 0.25) is 0 Å². The number of piperidine rings is 1. The van der Waals surface area contributed by atoms with Crippen LogP contribution >= 0.6 is 0 Å². The maximum Gasteiger partial charge on any atom is 0.271 e. The molecule has 27 heavy (non-hydrogen) atoms. The summed E-state index contributed by atoms with van der Waals surface area (Å²) in [5.74, 6) is 1.50. The minimum atomic E-state index is -0.0127. The first kappa shape index (κ1) is 17.2. The lowest BCUT2D eigenvalue weighted by atomic mass is 9.93. The van der Waals surface area contributed by atoms with Gasteiger partial charge in [0.1, 0.15) is 17.1 Å². The van der Waals surface area contributed by atoms with Crippen molar-refractivity contribution in [1.82, 2.24) is 25.1 Å². The standard InChI is InChI=1S/C20H21N5O2/c1-14-3-2-4-16(13-14)27-19-18(21-9-10-22-19)15-6-11-25(12-7-15)20(26)17-5-8-23-24-17/h2-5,8-10,13,15H,6-7,11-12H2,1H3,(H,23,24). The quantitative estimate of drug-likeness (QED) is 0.769. The Bertz CT molecular complexity index is 918. The number of ether oxygens (including phenoxy) is 1. The van der Waals surface area contributed by atoms with E-state index in [2.05, 4.69) is 20.2 Å². The van der Waals surface area contributed by atoms with Crippen molar-refractivity contribution in [2.45, 2.75) is 25.7 Å². The molecule has 2 aromatic heterocycles. The first-order valence-electron chi connectivity index (χ1n) is 9.05. The molecule has 1 aliphatic heterocycles. The van der Waals surface area contributed by atoms with Gasteiger partial charge in [-0.1, -0.05) is 12.1 Å². The summed E-state index contributed by atoms with van der Waals surface area (Å²) in [5, 5.41) is 6.59. The molecule has 0 aliphatic carbocycles. The molecule has 1 N–H and O–H groups in total. The second-order valence-corrected chi connectivity index (χ2v) is 6.70. The molecule has 1 aromatic carbocycles. The van der Waals surface area contributed by atoms with Gasteiger partial charge in [0.2, 0.25) is 5.88 Å². The van der Waals surface area contributed by atoms with Crippen LogP contribution in [0.15, 0.2) is 48.9 Å². The van der Waals surface area contributed by atoms with E-state index >= 15 is 0 Å². The zero-order chi connectivity index (χ0) is 18.6. The van der Waals surface area contributed by atoms with Gasteiger partial charge in [-0.15, -0.1) is 0 Å². The van der Waals surface area contributed by atoms with Crippen molar-refractivity contribution in [3.63, 3.8) is 0 Å². The van der Waals surface area contributed by atoms with Crippen LogP contribution in [0.3, 0.4) is 0 Å². The molecule has 4 rings (SSSR count). The predicted octanol–water partition coefficient (Wildman–Crippen LogP) is 3.32. The fourth-order valence-electron chi connectivity index (χ4n) is 3.39. The summed E-state index contributed by atoms with van der Waals surface area (Å²) in [4.78, 5) is 23.2. The van der Waals surface area contributed by atoms with Gasteiger partial charge in [0.05, 0.1) is 0 Å². The van der Waals surface area contributed by atoms with E-state index in [1.807, 2.05) is 36.1 Å². The first-order valence-corrected chi connectivity index (χ1v) is 9.05. The number of nitrogens with one attached hydrogen (secondary N) is 1. The Morgan fingerprint density at radius 2 is 1.96 bits per heavy atom. The Labute approximate surface area is 157 Å². The fourth-order valence-corrected chi connectivity index (χ4v) is 3.39. The number of hydrogen-bond donors (Lipinski definition) is 1. The van der Waals surface area contributed by atoms with Crippen molar-refractivity contribution in [1.29, 1.82) is 0 Å². The Balaban J connectivity index is 1.46. The highest BCUT2D eigenvalue weighted by Crippen LogP contribution is 2.33. The molecule has 1 fully saturated rings. The highest BCUT2D eigenvalue weighted by Gasteiger charge is 2.28. The summed E-state index contributed by atoms with van der Waals surface area (Å²) < 4.78 is 6.01. The monoisotopic (exact) mass is 363 g/mol.